The highest BCUT2D eigenvalue weighted by atomic mass is 35.5. The Labute approximate surface area is 162 Å². The zero-order chi connectivity index (χ0) is 19.4. The van der Waals surface area contributed by atoms with Crippen molar-refractivity contribution in [2.24, 2.45) is 0 Å². The molecule has 1 atom stereocenters. The van der Waals surface area contributed by atoms with E-state index in [1.807, 2.05) is 0 Å². The van der Waals surface area contributed by atoms with Gasteiger partial charge in [0, 0.05) is 25.4 Å². The first-order valence-electron chi connectivity index (χ1n) is 8.38. The van der Waals surface area contributed by atoms with Crippen LogP contribution >= 0.6 is 11.6 Å². The number of hydrogen-bond donors (Lipinski definition) is 0. The molecule has 27 heavy (non-hydrogen) atoms. The predicted octanol–water partition coefficient (Wildman–Crippen LogP) is 2.99. The number of halogens is 2. The average molecular weight is 413 g/mol. The summed E-state index contributed by atoms with van der Waals surface area (Å²) in [6, 6.07) is 8.23. The Balaban J connectivity index is 1.65. The monoisotopic (exact) mass is 412 g/mol. The van der Waals surface area contributed by atoms with Crippen LogP contribution in [0.1, 0.15) is 23.7 Å². The molecule has 1 aliphatic heterocycles. The van der Waals surface area contributed by atoms with Crippen molar-refractivity contribution in [2.75, 3.05) is 13.1 Å². The quantitative estimate of drug-likeness (QED) is 0.682. The number of nitrogens with zero attached hydrogens (tertiary/aromatic N) is 2. The van der Waals surface area contributed by atoms with Gasteiger partial charge in [-0.15, -0.1) is 0 Å². The molecule has 6 nitrogen and oxygen atoms in total. The SMILES string of the molecule is O=CC(c1ccc(F)cc1)S(=O)(=O)N1CCC(Oc2ccc(Cl)cn2)CC1. The molecule has 0 amide bonds. The number of carbonyl (C=O) groups excluding carboxylic acids is 1. The lowest BCUT2D eigenvalue weighted by Gasteiger charge is -2.32. The van der Waals surface area contributed by atoms with Gasteiger partial charge >= 0.3 is 0 Å². The lowest BCUT2D eigenvalue weighted by molar-refractivity contribution is -0.107. The van der Waals surface area contributed by atoms with E-state index in [1.54, 1.807) is 12.1 Å². The van der Waals surface area contributed by atoms with Crippen molar-refractivity contribution < 1.29 is 22.3 Å². The summed E-state index contributed by atoms with van der Waals surface area (Å²) in [6.07, 6.45) is 2.62. The number of pyridine rings is 1. The van der Waals surface area contributed by atoms with Gasteiger partial charge in [0.05, 0.1) is 5.02 Å². The molecule has 1 saturated heterocycles. The number of sulfonamides is 1. The summed E-state index contributed by atoms with van der Waals surface area (Å²) in [7, 11) is -3.89. The second-order valence-corrected chi connectivity index (χ2v) is 8.67. The van der Waals surface area contributed by atoms with Crippen molar-refractivity contribution in [3.63, 3.8) is 0 Å². The van der Waals surface area contributed by atoms with Gasteiger partial charge in [-0.25, -0.2) is 22.1 Å². The molecule has 2 aromatic rings. The fourth-order valence-corrected chi connectivity index (χ4v) is 4.74. The Morgan fingerprint density at radius 3 is 2.41 bits per heavy atom. The van der Waals surface area contributed by atoms with Gasteiger partial charge in [-0.3, -0.25) is 0 Å². The highest BCUT2D eigenvalue weighted by molar-refractivity contribution is 7.90. The summed E-state index contributed by atoms with van der Waals surface area (Å²) in [5.74, 6) is -0.0626. The van der Waals surface area contributed by atoms with Crippen molar-refractivity contribution in [3.05, 3.63) is 59.0 Å². The molecule has 1 aliphatic rings. The van der Waals surface area contributed by atoms with Crippen molar-refractivity contribution in [1.82, 2.24) is 9.29 Å². The molecule has 0 radical (unpaired) electrons. The van der Waals surface area contributed by atoms with E-state index in [4.69, 9.17) is 16.3 Å². The highest BCUT2D eigenvalue weighted by Crippen LogP contribution is 2.28. The lowest BCUT2D eigenvalue weighted by Crippen LogP contribution is -2.43. The second-order valence-electron chi connectivity index (χ2n) is 6.18. The van der Waals surface area contributed by atoms with E-state index in [2.05, 4.69) is 4.98 Å². The number of carbonyl (C=O) groups is 1. The first-order valence-corrected chi connectivity index (χ1v) is 10.3. The van der Waals surface area contributed by atoms with E-state index in [9.17, 15) is 17.6 Å². The van der Waals surface area contributed by atoms with Crippen LogP contribution in [-0.4, -0.2) is 43.2 Å². The number of piperidine rings is 1. The van der Waals surface area contributed by atoms with E-state index in [0.29, 0.717) is 30.0 Å². The van der Waals surface area contributed by atoms with Crippen LogP contribution in [0.15, 0.2) is 42.6 Å². The number of aromatic nitrogens is 1. The molecule has 1 aromatic heterocycles. The van der Waals surface area contributed by atoms with Gasteiger partial charge in [0.15, 0.2) is 5.25 Å². The summed E-state index contributed by atoms with van der Waals surface area (Å²) < 4.78 is 45.8. The van der Waals surface area contributed by atoms with Crippen LogP contribution in [0.25, 0.3) is 0 Å². The third-order valence-corrected chi connectivity index (χ3v) is 6.73. The molecule has 3 rings (SSSR count). The third-order valence-electron chi connectivity index (χ3n) is 4.39. The summed E-state index contributed by atoms with van der Waals surface area (Å²) in [5.41, 5.74) is 0.245. The minimum atomic E-state index is -3.89. The summed E-state index contributed by atoms with van der Waals surface area (Å²) in [4.78, 5) is 15.5. The van der Waals surface area contributed by atoms with Gasteiger partial charge in [-0.2, -0.15) is 0 Å². The molecular formula is C18H18ClFN2O4S. The number of benzene rings is 1. The molecule has 9 heteroatoms. The Kier molecular flexibility index (Phi) is 6.08. The van der Waals surface area contributed by atoms with E-state index in [-0.39, 0.29) is 24.8 Å². The molecule has 0 saturated carbocycles. The van der Waals surface area contributed by atoms with Gasteiger partial charge in [0.1, 0.15) is 18.2 Å². The summed E-state index contributed by atoms with van der Waals surface area (Å²) in [6.45, 7) is 0.457. The van der Waals surface area contributed by atoms with Gasteiger partial charge < -0.3 is 9.53 Å². The fraction of sp³-hybridized carbons (Fsp3) is 0.333. The maximum absolute atomic E-state index is 13.1. The van der Waals surface area contributed by atoms with Crippen LogP contribution in [-0.2, 0) is 14.8 Å². The molecule has 144 valence electrons. The number of aldehydes is 1. The zero-order valence-corrected chi connectivity index (χ0v) is 15.9. The molecule has 0 N–H and O–H groups in total. The van der Waals surface area contributed by atoms with Gasteiger partial charge in [-0.1, -0.05) is 23.7 Å². The Bertz CT molecular complexity index is 883. The van der Waals surface area contributed by atoms with Gasteiger partial charge in [0.25, 0.3) is 0 Å². The number of hydrogen-bond acceptors (Lipinski definition) is 5. The zero-order valence-electron chi connectivity index (χ0n) is 14.3. The fourth-order valence-electron chi connectivity index (χ4n) is 2.94. The highest BCUT2D eigenvalue weighted by Gasteiger charge is 2.36. The van der Waals surface area contributed by atoms with Crippen molar-refractivity contribution in [1.29, 1.82) is 0 Å². The summed E-state index contributed by atoms with van der Waals surface area (Å²) in [5, 5.41) is -0.850. The molecule has 0 aliphatic carbocycles. The third kappa shape index (κ3) is 4.63. The van der Waals surface area contributed by atoms with Crippen molar-refractivity contribution in [2.45, 2.75) is 24.2 Å². The molecule has 0 spiro atoms. The normalized spacial score (nSPS) is 17.4. The Morgan fingerprint density at radius 2 is 1.85 bits per heavy atom. The van der Waals surface area contributed by atoms with Crippen LogP contribution < -0.4 is 4.74 Å². The van der Waals surface area contributed by atoms with E-state index >= 15 is 0 Å². The smallest absolute Gasteiger partial charge is 0.228 e. The summed E-state index contributed by atoms with van der Waals surface area (Å²) >= 11 is 5.79. The Hall–Kier alpha value is -2.03. The maximum atomic E-state index is 13.1. The van der Waals surface area contributed by atoms with Crippen LogP contribution in [0.3, 0.4) is 0 Å². The second kappa shape index (κ2) is 8.33. The largest absolute Gasteiger partial charge is 0.474 e. The van der Waals surface area contributed by atoms with E-state index in [1.165, 1.54) is 22.6 Å². The lowest BCUT2D eigenvalue weighted by atomic mass is 10.1. The van der Waals surface area contributed by atoms with E-state index < -0.39 is 21.1 Å². The maximum Gasteiger partial charge on any atom is 0.228 e. The topological polar surface area (TPSA) is 76.6 Å². The average Bonchev–Trinajstić information content (AvgIpc) is 2.66. The molecule has 1 aromatic carbocycles. The van der Waals surface area contributed by atoms with Crippen molar-refractivity contribution in [3.8, 4) is 5.88 Å². The predicted molar refractivity (Wildman–Crippen MR) is 98.6 cm³/mol. The molecule has 1 unspecified atom stereocenters. The van der Waals surface area contributed by atoms with Crippen LogP contribution in [0, 0.1) is 5.82 Å². The van der Waals surface area contributed by atoms with Crippen LogP contribution in [0.4, 0.5) is 4.39 Å². The van der Waals surface area contributed by atoms with E-state index in [0.717, 1.165) is 12.1 Å². The molecular weight excluding hydrogens is 395 g/mol. The Morgan fingerprint density at radius 1 is 1.19 bits per heavy atom. The number of ether oxygens (including phenoxy) is 1. The minimum absolute atomic E-state index is 0.175. The number of rotatable bonds is 6. The van der Waals surface area contributed by atoms with Crippen LogP contribution in [0.5, 0.6) is 5.88 Å². The molecule has 2 heterocycles. The molecule has 0 bridgehead atoms. The van der Waals surface area contributed by atoms with Gasteiger partial charge in [-0.05, 0) is 36.6 Å². The first kappa shape index (κ1) is 19.7. The van der Waals surface area contributed by atoms with Crippen molar-refractivity contribution >= 4 is 27.9 Å². The minimum Gasteiger partial charge on any atom is -0.474 e. The van der Waals surface area contributed by atoms with Gasteiger partial charge in [0.2, 0.25) is 15.9 Å². The standard InChI is InChI=1S/C18H18ClFN2O4S/c19-14-3-6-18(21-11-14)26-16-7-9-22(10-8-16)27(24,25)17(12-23)13-1-4-15(20)5-2-13/h1-6,11-12,16-17H,7-10H2. The molecule has 1 fully saturated rings. The van der Waals surface area contributed by atoms with Crippen LogP contribution in [0.2, 0.25) is 5.02 Å². The first-order chi connectivity index (χ1) is 12.9.